The van der Waals surface area contributed by atoms with Crippen LogP contribution in [0.2, 0.25) is 0 Å². The van der Waals surface area contributed by atoms with Crippen LogP contribution < -0.4 is 0 Å². The molecule has 1 fully saturated rings. The molecule has 0 N–H and O–H groups in total. The van der Waals surface area contributed by atoms with Gasteiger partial charge in [0.15, 0.2) is 0 Å². The largest absolute Gasteiger partial charge is 0.463 e. The monoisotopic (exact) mass is 411 g/mol. The molecule has 0 spiro atoms. The number of esters is 1. The smallest absolute Gasteiger partial charge is 0.336 e. The number of aliphatic imine (C=N–C) groups is 1. The maximum absolute atomic E-state index is 14.8. The van der Waals surface area contributed by atoms with E-state index in [1.54, 1.807) is 43.4 Å². The molecular formula is C23H22FNO3S. The summed E-state index contributed by atoms with van der Waals surface area (Å²) in [5, 5.41) is 2.00. The van der Waals surface area contributed by atoms with Crippen molar-refractivity contribution in [2.24, 2.45) is 10.9 Å². The number of hydrogen-bond donors (Lipinski definition) is 0. The number of benzene rings is 1. The van der Waals surface area contributed by atoms with Gasteiger partial charge in [0, 0.05) is 34.5 Å². The minimum absolute atomic E-state index is 0.00375. The standard InChI is InChI=1S/C23H22FNO3S/c1-3-28-23(27)20-13(2)25-17-11-14(19-9-6-10-29-19)12-18(26)22(17)21(20)15-7-4-5-8-16(15)24/h4-10,14,21-22H,3,11-12H2,1-2H3/t14-,21-,22-/m0/s1. The molecule has 0 saturated heterocycles. The number of Topliss-reactive ketones (excluding diaryl/α,β-unsaturated/α-hetero) is 1. The quantitative estimate of drug-likeness (QED) is 0.664. The fourth-order valence-electron chi connectivity index (χ4n) is 4.44. The highest BCUT2D eigenvalue weighted by Crippen LogP contribution is 2.46. The second kappa shape index (κ2) is 8.03. The number of fused-ring (bicyclic) bond motifs is 1. The van der Waals surface area contributed by atoms with Gasteiger partial charge in [-0.25, -0.2) is 9.18 Å². The lowest BCUT2D eigenvalue weighted by Crippen LogP contribution is -2.41. The lowest BCUT2D eigenvalue weighted by Gasteiger charge is -2.38. The Bertz CT molecular complexity index is 1010. The van der Waals surface area contributed by atoms with E-state index in [-0.39, 0.29) is 23.9 Å². The molecule has 2 heterocycles. The number of thiophene rings is 1. The Morgan fingerprint density at radius 2 is 2.00 bits per heavy atom. The zero-order valence-corrected chi connectivity index (χ0v) is 17.2. The van der Waals surface area contributed by atoms with E-state index >= 15 is 0 Å². The summed E-state index contributed by atoms with van der Waals surface area (Å²) in [6.07, 6.45) is 1.000. The highest BCUT2D eigenvalue weighted by Gasteiger charge is 2.46. The molecule has 0 radical (unpaired) electrons. The molecule has 1 saturated carbocycles. The van der Waals surface area contributed by atoms with Crippen LogP contribution in [0.1, 0.15) is 49.0 Å². The summed E-state index contributed by atoms with van der Waals surface area (Å²) >= 11 is 1.63. The van der Waals surface area contributed by atoms with Crippen molar-refractivity contribution in [2.75, 3.05) is 6.61 Å². The lowest BCUT2D eigenvalue weighted by molar-refractivity contribution is -0.139. The molecule has 3 atom stereocenters. The molecule has 6 heteroatoms. The lowest BCUT2D eigenvalue weighted by atomic mass is 9.67. The number of nitrogens with zero attached hydrogens (tertiary/aromatic N) is 1. The fourth-order valence-corrected chi connectivity index (χ4v) is 5.27. The van der Waals surface area contributed by atoms with Crippen LogP contribution >= 0.6 is 11.3 Å². The van der Waals surface area contributed by atoms with Crippen molar-refractivity contribution >= 4 is 28.8 Å². The van der Waals surface area contributed by atoms with Crippen molar-refractivity contribution in [3.8, 4) is 0 Å². The van der Waals surface area contributed by atoms with Crippen LogP contribution in [0.4, 0.5) is 4.39 Å². The summed E-state index contributed by atoms with van der Waals surface area (Å²) in [6.45, 7) is 3.67. The third kappa shape index (κ3) is 3.57. The van der Waals surface area contributed by atoms with E-state index < -0.39 is 23.6 Å². The van der Waals surface area contributed by atoms with Crippen molar-refractivity contribution in [3.63, 3.8) is 0 Å². The molecule has 4 nitrogen and oxygen atoms in total. The number of rotatable bonds is 4. The summed E-state index contributed by atoms with van der Waals surface area (Å²) in [7, 11) is 0. The Balaban J connectivity index is 1.83. The molecule has 0 unspecified atom stereocenters. The molecule has 2 aliphatic rings. The maximum atomic E-state index is 14.8. The zero-order valence-electron chi connectivity index (χ0n) is 16.4. The van der Waals surface area contributed by atoms with Gasteiger partial charge in [-0.05, 0) is 43.3 Å². The molecule has 1 aliphatic heterocycles. The van der Waals surface area contributed by atoms with Crippen LogP contribution in [-0.4, -0.2) is 24.1 Å². The third-order valence-corrected chi connectivity index (χ3v) is 6.67. The van der Waals surface area contributed by atoms with Gasteiger partial charge in [-0.2, -0.15) is 0 Å². The van der Waals surface area contributed by atoms with Gasteiger partial charge in [-0.15, -0.1) is 11.3 Å². The SMILES string of the molecule is CCOC(=O)C1=C(C)N=C2C[C@H](c3cccs3)CC(=O)[C@H]2[C@H]1c1ccccc1F. The second-order valence-electron chi connectivity index (χ2n) is 7.39. The van der Waals surface area contributed by atoms with Crippen LogP contribution in [0.25, 0.3) is 0 Å². The number of halogens is 1. The first-order chi connectivity index (χ1) is 14.0. The zero-order chi connectivity index (χ0) is 20.5. The van der Waals surface area contributed by atoms with Crippen LogP contribution in [0.5, 0.6) is 0 Å². The topological polar surface area (TPSA) is 55.7 Å². The molecular weight excluding hydrogens is 389 g/mol. The predicted molar refractivity (Wildman–Crippen MR) is 111 cm³/mol. The number of carbonyl (C=O) groups excluding carboxylic acids is 2. The van der Waals surface area contributed by atoms with E-state index in [1.165, 1.54) is 6.07 Å². The van der Waals surface area contributed by atoms with E-state index in [9.17, 15) is 14.0 Å². The van der Waals surface area contributed by atoms with E-state index in [1.807, 2.05) is 17.5 Å². The van der Waals surface area contributed by atoms with Crippen molar-refractivity contribution in [1.29, 1.82) is 0 Å². The van der Waals surface area contributed by atoms with Crippen LogP contribution in [0.15, 0.2) is 58.0 Å². The number of ether oxygens (including phenoxy) is 1. The van der Waals surface area contributed by atoms with Gasteiger partial charge >= 0.3 is 5.97 Å². The Morgan fingerprint density at radius 1 is 1.21 bits per heavy atom. The minimum atomic E-state index is -0.709. The van der Waals surface area contributed by atoms with E-state index in [2.05, 4.69) is 4.99 Å². The van der Waals surface area contributed by atoms with Crippen molar-refractivity contribution in [2.45, 2.75) is 38.5 Å². The van der Waals surface area contributed by atoms with Gasteiger partial charge in [-0.3, -0.25) is 9.79 Å². The third-order valence-electron chi connectivity index (χ3n) is 5.64. The van der Waals surface area contributed by atoms with Gasteiger partial charge in [0.25, 0.3) is 0 Å². The molecule has 150 valence electrons. The number of ketones is 1. The van der Waals surface area contributed by atoms with Crippen molar-refractivity contribution < 1.29 is 18.7 Å². The molecule has 0 bridgehead atoms. The Morgan fingerprint density at radius 3 is 2.69 bits per heavy atom. The average molecular weight is 411 g/mol. The summed E-state index contributed by atoms with van der Waals surface area (Å²) in [5.41, 5.74) is 1.87. The summed E-state index contributed by atoms with van der Waals surface area (Å²) < 4.78 is 20.0. The first kappa shape index (κ1) is 19.7. The number of allylic oxidation sites excluding steroid dienone is 1. The van der Waals surface area contributed by atoms with Crippen molar-refractivity contribution in [3.05, 3.63) is 69.3 Å². The Labute approximate surface area is 173 Å². The average Bonchev–Trinajstić information content (AvgIpc) is 3.22. The molecule has 4 rings (SSSR count). The normalized spacial score (nSPS) is 24.2. The summed E-state index contributed by atoms with van der Waals surface area (Å²) in [4.78, 5) is 31.9. The minimum Gasteiger partial charge on any atom is -0.463 e. The second-order valence-corrected chi connectivity index (χ2v) is 8.37. The van der Waals surface area contributed by atoms with E-state index in [4.69, 9.17) is 4.74 Å². The maximum Gasteiger partial charge on any atom is 0.336 e. The highest BCUT2D eigenvalue weighted by molar-refractivity contribution is 7.10. The first-order valence-electron chi connectivity index (χ1n) is 9.77. The fraction of sp³-hybridized carbons (Fsp3) is 0.348. The number of hydrogen-bond acceptors (Lipinski definition) is 5. The van der Waals surface area contributed by atoms with Gasteiger partial charge in [0.05, 0.1) is 18.1 Å². The summed E-state index contributed by atoms with van der Waals surface area (Å²) in [6, 6.07) is 10.4. The van der Waals surface area contributed by atoms with Gasteiger partial charge in [-0.1, -0.05) is 24.3 Å². The molecule has 29 heavy (non-hydrogen) atoms. The van der Waals surface area contributed by atoms with Gasteiger partial charge < -0.3 is 4.74 Å². The van der Waals surface area contributed by atoms with Crippen LogP contribution in [0.3, 0.4) is 0 Å². The van der Waals surface area contributed by atoms with E-state index in [0.717, 1.165) is 10.6 Å². The van der Waals surface area contributed by atoms with Gasteiger partial charge in [0.2, 0.25) is 0 Å². The predicted octanol–water partition coefficient (Wildman–Crippen LogP) is 5.03. The Kier molecular flexibility index (Phi) is 5.46. The van der Waals surface area contributed by atoms with Crippen LogP contribution in [-0.2, 0) is 14.3 Å². The highest BCUT2D eigenvalue weighted by atomic mass is 32.1. The molecule has 1 aliphatic carbocycles. The van der Waals surface area contributed by atoms with Crippen molar-refractivity contribution in [1.82, 2.24) is 0 Å². The van der Waals surface area contributed by atoms with Crippen LogP contribution in [0, 0.1) is 11.7 Å². The molecule has 2 aromatic rings. The van der Waals surface area contributed by atoms with E-state index in [0.29, 0.717) is 24.1 Å². The number of carbonyl (C=O) groups is 2. The molecule has 0 amide bonds. The summed E-state index contributed by atoms with van der Waals surface area (Å²) in [5.74, 6) is -2.23. The van der Waals surface area contributed by atoms with Gasteiger partial charge in [0.1, 0.15) is 11.6 Å². The molecule has 1 aromatic carbocycles. The first-order valence-corrected chi connectivity index (χ1v) is 10.6. The molecule has 1 aromatic heterocycles. The Hall–Kier alpha value is -2.60.